The predicted octanol–water partition coefficient (Wildman–Crippen LogP) is 2.48. The summed E-state index contributed by atoms with van der Waals surface area (Å²) < 4.78 is 5.23. The summed E-state index contributed by atoms with van der Waals surface area (Å²) in [6.07, 6.45) is 0.721. The average molecular weight is 220 g/mol. The second-order valence-electron chi connectivity index (χ2n) is 4.24. The SMILES string of the molecule is CC(C)CC(C)OC(=O)c1ccc(C#N)[nH]1. The third-order valence-corrected chi connectivity index (χ3v) is 2.14. The number of carbonyl (C=O) groups is 1. The van der Waals surface area contributed by atoms with Crippen molar-refractivity contribution in [2.45, 2.75) is 33.3 Å². The van der Waals surface area contributed by atoms with Crippen molar-refractivity contribution in [2.75, 3.05) is 0 Å². The minimum atomic E-state index is -0.408. The van der Waals surface area contributed by atoms with Crippen LogP contribution in [0.25, 0.3) is 0 Å². The highest BCUT2D eigenvalue weighted by Gasteiger charge is 2.14. The number of esters is 1. The largest absolute Gasteiger partial charge is 0.458 e. The minimum absolute atomic E-state index is 0.110. The third kappa shape index (κ3) is 3.43. The van der Waals surface area contributed by atoms with E-state index in [2.05, 4.69) is 18.8 Å². The zero-order valence-corrected chi connectivity index (χ0v) is 9.78. The standard InChI is InChI=1S/C12H16N2O2/c1-8(2)6-9(3)16-12(15)11-5-4-10(7-13)14-11/h4-5,8-9,14H,6H2,1-3H3. The summed E-state index contributed by atoms with van der Waals surface area (Å²) in [6, 6.07) is 5.04. The highest BCUT2D eigenvalue weighted by Crippen LogP contribution is 2.10. The number of aromatic amines is 1. The van der Waals surface area contributed by atoms with Crippen molar-refractivity contribution in [2.24, 2.45) is 5.92 Å². The molecule has 0 saturated carbocycles. The molecular weight excluding hydrogens is 204 g/mol. The summed E-state index contributed by atoms with van der Waals surface area (Å²) in [4.78, 5) is 14.3. The van der Waals surface area contributed by atoms with Crippen LogP contribution in [0.15, 0.2) is 12.1 Å². The summed E-state index contributed by atoms with van der Waals surface area (Å²) in [5, 5.41) is 8.60. The van der Waals surface area contributed by atoms with Gasteiger partial charge in [-0.3, -0.25) is 0 Å². The zero-order chi connectivity index (χ0) is 12.1. The van der Waals surface area contributed by atoms with Gasteiger partial charge in [-0.1, -0.05) is 13.8 Å². The number of H-pyrrole nitrogens is 1. The molecule has 0 amide bonds. The highest BCUT2D eigenvalue weighted by atomic mass is 16.5. The zero-order valence-electron chi connectivity index (χ0n) is 9.78. The molecule has 0 saturated heterocycles. The molecule has 1 aromatic rings. The number of carbonyl (C=O) groups excluding carboxylic acids is 1. The number of hydrogen-bond donors (Lipinski definition) is 1. The van der Waals surface area contributed by atoms with Crippen LogP contribution in [0.5, 0.6) is 0 Å². The first-order chi connectivity index (χ1) is 7.52. The molecule has 0 fully saturated rings. The predicted molar refractivity (Wildman–Crippen MR) is 59.8 cm³/mol. The fraction of sp³-hybridized carbons (Fsp3) is 0.500. The second-order valence-corrected chi connectivity index (χ2v) is 4.24. The third-order valence-electron chi connectivity index (χ3n) is 2.14. The molecule has 0 aliphatic carbocycles. The van der Waals surface area contributed by atoms with Crippen LogP contribution in [0.4, 0.5) is 0 Å². The first kappa shape index (κ1) is 12.3. The maximum absolute atomic E-state index is 11.6. The van der Waals surface area contributed by atoms with Crippen LogP contribution in [0.2, 0.25) is 0 Å². The number of aromatic nitrogens is 1. The Balaban J connectivity index is 2.56. The van der Waals surface area contributed by atoms with E-state index in [4.69, 9.17) is 10.00 Å². The molecule has 0 spiro atoms. The van der Waals surface area contributed by atoms with Gasteiger partial charge in [-0.15, -0.1) is 0 Å². The van der Waals surface area contributed by atoms with E-state index in [1.807, 2.05) is 13.0 Å². The molecule has 16 heavy (non-hydrogen) atoms. The average Bonchev–Trinajstić information content (AvgIpc) is 2.64. The summed E-state index contributed by atoms with van der Waals surface area (Å²) in [5.41, 5.74) is 0.690. The molecule has 1 heterocycles. The van der Waals surface area contributed by atoms with Gasteiger partial charge < -0.3 is 9.72 Å². The Labute approximate surface area is 95.2 Å². The molecule has 1 N–H and O–H groups in total. The molecule has 4 nitrogen and oxygen atoms in total. The number of hydrogen-bond acceptors (Lipinski definition) is 3. The molecule has 1 rings (SSSR count). The van der Waals surface area contributed by atoms with Crippen molar-refractivity contribution < 1.29 is 9.53 Å². The van der Waals surface area contributed by atoms with Crippen LogP contribution in [0.3, 0.4) is 0 Å². The van der Waals surface area contributed by atoms with Crippen molar-refractivity contribution in [3.8, 4) is 6.07 Å². The monoisotopic (exact) mass is 220 g/mol. The van der Waals surface area contributed by atoms with Crippen LogP contribution < -0.4 is 0 Å². The Morgan fingerprint density at radius 1 is 1.50 bits per heavy atom. The lowest BCUT2D eigenvalue weighted by Crippen LogP contribution is -2.17. The molecular formula is C12H16N2O2. The van der Waals surface area contributed by atoms with E-state index in [-0.39, 0.29) is 6.10 Å². The van der Waals surface area contributed by atoms with Crippen LogP contribution in [-0.4, -0.2) is 17.1 Å². The quantitative estimate of drug-likeness (QED) is 0.793. The van der Waals surface area contributed by atoms with Crippen LogP contribution in [0, 0.1) is 17.2 Å². The number of ether oxygens (including phenoxy) is 1. The van der Waals surface area contributed by atoms with Crippen LogP contribution in [0.1, 0.15) is 43.4 Å². The Bertz CT molecular complexity index is 401. The van der Waals surface area contributed by atoms with Crippen LogP contribution in [-0.2, 0) is 4.74 Å². The molecule has 0 bridgehead atoms. The van der Waals surface area contributed by atoms with E-state index in [0.29, 0.717) is 17.3 Å². The lowest BCUT2D eigenvalue weighted by atomic mass is 10.1. The summed E-state index contributed by atoms with van der Waals surface area (Å²) in [6.45, 7) is 6.02. The highest BCUT2D eigenvalue weighted by molar-refractivity contribution is 5.87. The fourth-order valence-electron chi connectivity index (χ4n) is 1.54. The van der Waals surface area contributed by atoms with Gasteiger partial charge in [0.1, 0.15) is 17.5 Å². The van der Waals surface area contributed by atoms with Gasteiger partial charge in [0.05, 0.1) is 6.10 Å². The maximum Gasteiger partial charge on any atom is 0.355 e. The van der Waals surface area contributed by atoms with Gasteiger partial charge in [0.25, 0.3) is 0 Å². The topological polar surface area (TPSA) is 65.9 Å². The van der Waals surface area contributed by atoms with Crippen molar-refractivity contribution in [1.82, 2.24) is 4.98 Å². The number of nitrogens with zero attached hydrogens (tertiary/aromatic N) is 1. The van der Waals surface area contributed by atoms with E-state index >= 15 is 0 Å². The molecule has 1 aromatic heterocycles. The molecule has 1 atom stereocenters. The second kappa shape index (κ2) is 5.36. The Hall–Kier alpha value is -1.76. The van der Waals surface area contributed by atoms with E-state index in [1.54, 1.807) is 12.1 Å². The van der Waals surface area contributed by atoms with Crippen molar-refractivity contribution >= 4 is 5.97 Å². The number of nitrogens with one attached hydrogen (secondary N) is 1. The molecule has 0 radical (unpaired) electrons. The first-order valence-corrected chi connectivity index (χ1v) is 5.33. The number of nitriles is 1. The molecule has 4 heteroatoms. The summed E-state index contributed by atoms with van der Waals surface area (Å²) in [7, 11) is 0. The Morgan fingerprint density at radius 2 is 2.19 bits per heavy atom. The van der Waals surface area contributed by atoms with E-state index in [0.717, 1.165) is 6.42 Å². The lowest BCUT2D eigenvalue weighted by molar-refractivity contribution is 0.0293. The normalized spacial score (nSPS) is 12.2. The smallest absolute Gasteiger partial charge is 0.355 e. The van der Waals surface area contributed by atoms with E-state index in [1.165, 1.54) is 0 Å². The maximum atomic E-state index is 11.6. The van der Waals surface area contributed by atoms with Gasteiger partial charge >= 0.3 is 5.97 Å². The molecule has 86 valence electrons. The van der Waals surface area contributed by atoms with Gasteiger partial charge in [-0.2, -0.15) is 5.26 Å². The van der Waals surface area contributed by atoms with Gasteiger partial charge in [-0.05, 0) is 31.4 Å². The number of rotatable bonds is 4. The van der Waals surface area contributed by atoms with Crippen LogP contribution >= 0.6 is 0 Å². The minimum Gasteiger partial charge on any atom is -0.458 e. The Morgan fingerprint density at radius 3 is 2.69 bits per heavy atom. The van der Waals surface area contributed by atoms with Crippen molar-refractivity contribution in [3.05, 3.63) is 23.5 Å². The molecule has 1 unspecified atom stereocenters. The fourth-order valence-corrected chi connectivity index (χ4v) is 1.54. The van der Waals surface area contributed by atoms with Crippen molar-refractivity contribution in [1.29, 1.82) is 5.26 Å². The van der Waals surface area contributed by atoms with E-state index in [9.17, 15) is 4.79 Å². The van der Waals surface area contributed by atoms with Gasteiger partial charge in [0.2, 0.25) is 0 Å². The molecule has 0 aliphatic heterocycles. The van der Waals surface area contributed by atoms with Gasteiger partial charge in [0, 0.05) is 0 Å². The molecule has 0 aromatic carbocycles. The van der Waals surface area contributed by atoms with Gasteiger partial charge in [-0.25, -0.2) is 4.79 Å². The van der Waals surface area contributed by atoms with E-state index < -0.39 is 5.97 Å². The molecule has 0 aliphatic rings. The Kier molecular flexibility index (Phi) is 4.12. The van der Waals surface area contributed by atoms with Gasteiger partial charge in [0.15, 0.2) is 0 Å². The van der Waals surface area contributed by atoms with Crippen molar-refractivity contribution in [3.63, 3.8) is 0 Å². The lowest BCUT2D eigenvalue weighted by Gasteiger charge is -2.14. The first-order valence-electron chi connectivity index (χ1n) is 5.33. The summed E-state index contributed by atoms with van der Waals surface area (Å²) >= 11 is 0. The summed E-state index contributed by atoms with van der Waals surface area (Å²) in [5.74, 6) is 0.0794.